The Labute approximate surface area is 49.4 Å². The molecule has 0 unspecified atom stereocenters. The van der Waals surface area contributed by atoms with Crippen LogP contribution >= 0.6 is 0 Å². The fourth-order valence-corrected chi connectivity index (χ4v) is 0.156. The van der Waals surface area contributed by atoms with Crippen molar-refractivity contribution < 1.29 is 18.0 Å². The molecule has 0 spiro atoms. The highest BCUT2D eigenvalue weighted by Gasteiger charge is 2.38. The second-order valence-corrected chi connectivity index (χ2v) is 1.11. The molecule has 5 heteroatoms. The molecule has 0 saturated heterocycles. The molecule has 0 heterocycles. The molecule has 0 N–H and O–H groups in total. The number of nitrogens with zero attached hydrogens (tertiary/aromatic N) is 1. The molecule has 0 aromatic carbocycles. The van der Waals surface area contributed by atoms with Crippen molar-refractivity contribution in [2.45, 2.75) is 6.18 Å². The molecule has 0 aliphatic rings. The Morgan fingerprint density at radius 3 is 2.11 bits per heavy atom. The van der Waals surface area contributed by atoms with Crippen LogP contribution in [0.2, 0.25) is 0 Å². The Balaban J connectivity index is 3.88. The average molecular weight is 138 g/mol. The third-order valence-corrected chi connectivity index (χ3v) is 0.451. The van der Waals surface area contributed by atoms with Gasteiger partial charge in [-0.25, -0.2) is 5.32 Å². The minimum absolute atomic E-state index is 0.551. The number of amides is 1. The number of hydrogen-bond donors (Lipinski definition) is 0. The zero-order chi connectivity index (χ0) is 7.49. The molecule has 0 aliphatic carbocycles. The number of halogens is 3. The lowest BCUT2D eigenvalue weighted by Crippen LogP contribution is -2.28. The zero-order valence-electron chi connectivity index (χ0n) is 4.27. The van der Waals surface area contributed by atoms with Crippen LogP contribution in [-0.2, 0) is 4.79 Å². The summed E-state index contributed by atoms with van der Waals surface area (Å²) in [6.07, 6.45) is -4.32. The summed E-state index contributed by atoms with van der Waals surface area (Å²) in [5.41, 5.74) is 0. The van der Waals surface area contributed by atoms with E-state index in [4.69, 9.17) is 0 Å². The number of carbonyl (C=O) groups excluding carboxylic acids is 1. The lowest BCUT2D eigenvalue weighted by molar-refractivity contribution is -0.172. The van der Waals surface area contributed by atoms with Crippen molar-refractivity contribution in [1.82, 2.24) is 5.32 Å². The Morgan fingerprint density at radius 2 is 2.00 bits per heavy atom. The molecule has 1 amide bonds. The molecule has 0 rings (SSSR count). The third-order valence-electron chi connectivity index (χ3n) is 0.451. The van der Waals surface area contributed by atoms with Crippen LogP contribution in [0, 0.1) is 0 Å². The zero-order valence-corrected chi connectivity index (χ0v) is 4.27. The van der Waals surface area contributed by atoms with Crippen LogP contribution in [0.15, 0.2) is 12.8 Å². The summed E-state index contributed by atoms with van der Waals surface area (Å²) >= 11 is 0. The largest absolute Gasteiger partial charge is 0.473 e. The van der Waals surface area contributed by atoms with Crippen LogP contribution in [0.5, 0.6) is 0 Å². The van der Waals surface area contributed by atoms with Crippen LogP contribution in [0.4, 0.5) is 13.2 Å². The highest BCUT2D eigenvalue weighted by Crippen LogP contribution is 2.14. The second kappa shape index (κ2) is 2.52. The molecule has 0 fully saturated rings. The first-order chi connectivity index (χ1) is 3.98. The van der Waals surface area contributed by atoms with Crippen LogP contribution in [0.1, 0.15) is 0 Å². The molecule has 51 valence electrons. The number of carbonyl (C=O) groups is 1. The van der Waals surface area contributed by atoms with Crippen LogP contribution in [0.25, 0.3) is 0 Å². The molecule has 0 aromatic rings. The van der Waals surface area contributed by atoms with Gasteiger partial charge in [-0.05, 0) is 0 Å². The van der Waals surface area contributed by atoms with Gasteiger partial charge in [-0.1, -0.05) is 6.58 Å². The first-order valence-corrected chi connectivity index (χ1v) is 1.91. The normalized spacial score (nSPS) is 10.6. The summed E-state index contributed by atoms with van der Waals surface area (Å²) in [6.45, 7) is 2.83. The predicted octanol–water partition coefficient (Wildman–Crippen LogP) is 0.823. The topological polar surface area (TPSA) is 31.2 Å². The van der Waals surface area contributed by atoms with Crippen molar-refractivity contribution in [3.05, 3.63) is 12.8 Å². The van der Waals surface area contributed by atoms with Gasteiger partial charge < -0.3 is 0 Å². The van der Waals surface area contributed by atoms with Gasteiger partial charge in [-0.2, -0.15) is 13.2 Å². The highest BCUT2D eigenvalue weighted by molar-refractivity contribution is 5.82. The molecule has 0 aromatic heterocycles. The number of alkyl halides is 3. The molecule has 0 atom stereocenters. The molecular formula is C4H3F3NO. The Kier molecular flexibility index (Phi) is 2.24. The molecule has 0 saturated carbocycles. The van der Waals surface area contributed by atoms with E-state index in [2.05, 4.69) is 11.9 Å². The summed E-state index contributed by atoms with van der Waals surface area (Å²) in [4.78, 5) is 9.70. The second-order valence-electron chi connectivity index (χ2n) is 1.11. The van der Waals surface area contributed by atoms with Gasteiger partial charge in [0, 0.05) is 6.20 Å². The number of rotatable bonds is 1. The fraction of sp³-hybridized carbons (Fsp3) is 0.250. The predicted molar refractivity (Wildman–Crippen MR) is 23.4 cm³/mol. The molecule has 9 heavy (non-hydrogen) atoms. The monoisotopic (exact) mass is 138 g/mol. The summed E-state index contributed by atoms with van der Waals surface area (Å²) < 4.78 is 33.4. The average Bonchev–Trinajstić information content (AvgIpc) is 1.64. The summed E-state index contributed by atoms with van der Waals surface area (Å²) in [6, 6.07) is 0. The van der Waals surface area contributed by atoms with E-state index in [1.165, 1.54) is 0 Å². The van der Waals surface area contributed by atoms with E-state index in [1.54, 1.807) is 0 Å². The van der Waals surface area contributed by atoms with E-state index >= 15 is 0 Å². The quantitative estimate of drug-likeness (QED) is 0.527. The molecule has 2 nitrogen and oxygen atoms in total. The summed E-state index contributed by atoms with van der Waals surface area (Å²) in [5, 5.41) is 2.40. The van der Waals surface area contributed by atoms with Crippen molar-refractivity contribution in [2.24, 2.45) is 0 Å². The van der Waals surface area contributed by atoms with E-state index in [-0.39, 0.29) is 0 Å². The van der Waals surface area contributed by atoms with E-state index < -0.39 is 12.1 Å². The van der Waals surface area contributed by atoms with E-state index in [1.807, 2.05) is 0 Å². The lowest BCUT2D eigenvalue weighted by atomic mass is 10.6. The van der Waals surface area contributed by atoms with Gasteiger partial charge in [0.1, 0.15) is 0 Å². The minimum Gasteiger partial charge on any atom is -0.262 e. The highest BCUT2D eigenvalue weighted by atomic mass is 19.4. The first-order valence-electron chi connectivity index (χ1n) is 1.91. The van der Waals surface area contributed by atoms with Gasteiger partial charge in [0.2, 0.25) is 0 Å². The Hall–Kier alpha value is -1.00. The van der Waals surface area contributed by atoms with E-state index in [9.17, 15) is 18.0 Å². The van der Waals surface area contributed by atoms with Crippen LogP contribution in [-0.4, -0.2) is 12.1 Å². The maximum atomic E-state index is 11.1. The maximum absolute atomic E-state index is 11.1. The van der Waals surface area contributed by atoms with Gasteiger partial charge in [0.05, 0.1) is 0 Å². The van der Waals surface area contributed by atoms with Gasteiger partial charge in [-0.15, -0.1) is 0 Å². The van der Waals surface area contributed by atoms with Gasteiger partial charge >= 0.3 is 12.1 Å². The van der Waals surface area contributed by atoms with Crippen molar-refractivity contribution in [1.29, 1.82) is 0 Å². The molecular weight excluding hydrogens is 135 g/mol. The van der Waals surface area contributed by atoms with Crippen LogP contribution in [0.3, 0.4) is 0 Å². The smallest absolute Gasteiger partial charge is 0.262 e. The van der Waals surface area contributed by atoms with E-state index in [0.29, 0.717) is 6.20 Å². The van der Waals surface area contributed by atoms with Gasteiger partial charge in [0.15, 0.2) is 0 Å². The van der Waals surface area contributed by atoms with Crippen molar-refractivity contribution >= 4 is 5.91 Å². The van der Waals surface area contributed by atoms with Crippen molar-refractivity contribution in [2.75, 3.05) is 0 Å². The fourth-order valence-electron chi connectivity index (χ4n) is 0.156. The number of hydrogen-bond acceptors (Lipinski definition) is 1. The van der Waals surface area contributed by atoms with E-state index in [0.717, 1.165) is 0 Å². The van der Waals surface area contributed by atoms with Crippen molar-refractivity contribution in [3.63, 3.8) is 0 Å². The van der Waals surface area contributed by atoms with Gasteiger partial charge in [-0.3, -0.25) is 4.79 Å². The van der Waals surface area contributed by atoms with Crippen molar-refractivity contribution in [3.8, 4) is 0 Å². The maximum Gasteiger partial charge on any atom is 0.473 e. The molecule has 0 bridgehead atoms. The Bertz CT molecular complexity index is 128. The molecule has 1 radical (unpaired) electrons. The Morgan fingerprint density at radius 1 is 1.56 bits per heavy atom. The lowest BCUT2D eigenvalue weighted by Gasteiger charge is -1.99. The third kappa shape index (κ3) is 2.73. The van der Waals surface area contributed by atoms with Gasteiger partial charge in [0.25, 0.3) is 0 Å². The SMILES string of the molecule is C=C[N]C(=O)C(F)(F)F. The summed E-state index contributed by atoms with van der Waals surface area (Å²) in [5.74, 6) is -2.13. The first kappa shape index (κ1) is 8.00. The molecule has 0 aliphatic heterocycles. The van der Waals surface area contributed by atoms with Crippen LogP contribution < -0.4 is 5.32 Å². The minimum atomic E-state index is -4.87. The summed E-state index contributed by atoms with van der Waals surface area (Å²) in [7, 11) is 0. The standard InChI is InChI=1S/C4H3F3NO/c1-2-8-3(9)4(5,6)7/h2H,1H2.